The normalized spacial score (nSPS) is 15.6. The Labute approximate surface area is 142 Å². The highest BCUT2D eigenvalue weighted by Crippen LogP contribution is 2.22. The monoisotopic (exact) mass is 338 g/mol. The van der Waals surface area contributed by atoms with E-state index in [0.29, 0.717) is 44.2 Å². The summed E-state index contributed by atoms with van der Waals surface area (Å²) in [7, 11) is 0. The van der Waals surface area contributed by atoms with Gasteiger partial charge in [0.2, 0.25) is 0 Å². The standard InChI is InChI=1S/C15H26N6O3/c1-5-18(6-2)15(22)19-9-7-17(8-10-19)11-20-13(4)14(21(23)24)12(3)16-20/h5-11H2,1-4H3. The van der Waals surface area contributed by atoms with Gasteiger partial charge in [-0.15, -0.1) is 0 Å². The summed E-state index contributed by atoms with van der Waals surface area (Å²) >= 11 is 0. The fourth-order valence-electron chi connectivity index (χ4n) is 3.05. The molecule has 1 fully saturated rings. The van der Waals surface area contributed by atoms with Crippen molar-refractivity contribution in [3.05, 3.63) is 21.5 Å². The van der Waals surface area contributed by atoms with Crippen LogP contribution in [0.15, 0.2) is 0 Å². The predicted molar refractivity (Wildman–Crippen MR) is 89.8 cm³/mol. The number of carbonyl (C=O) groups excluding carboxylic acids is 1. The van der Waals surface area contributed by atoms with Crippen LogP contribution in [0.1, 0.15) is 25.2 Å². The molecule has 0 N–H and O–H groups in total. The van der Waals surface area contributed by atoms with Gasteiger partial charge in [-0.3, -0.25) is 15.0 Å². The van der Waals surface area contributed by atoms with Crippen LogP contribution in [0.25, 0.3) is 0 Å². The molecule has 9 heteroatoms. The van der Waals surface area contributed by atoms with Gasteiger partial charge in [-0.25, -0.2) is 9.48 Å². The summed E-state index contributed by atoms with van der Waals surface area (Å²) in [6.07, 6.45) is 0. The first-order valence-electron chi connectivity index (χ1n) is 8.33. The predicted octanol–water partition coefficient (Wildman–Crippen LogP) is 1.45. The topological polar surface area (TPSA) is 87.8 Å². The van der Waals surface area contributed by atoms with E-state index in [1.54, 1.807) is 18.5 Å². The van der Waals surface area contributed by atoms with E-state index in [-0.39, 0.29) is 16.6 Å². The molecule has 24 heavy (non-hydrogen) atoms. The van der Waals surface area contributed by atoms with Gasteiger partial charge in [-0.05, 0) is 27.7 Å². The van der Waals surface area contributed by atoms with Crippen LogP contribution in [-0.4, -0.2) is 74.7 Å². The molecule has 2 rings (SSSR count). The van der Waals surface area contributed by atoms with Gasteiger partial charge in [0.25, 0.3) is 0 Å². The SMILES string of the molecule is CCN(CC)C(=O)N1CCN(Cn2nc(C)c([N+](=O)[O-])c2C)CC1. The molecule has 0 spiro atoms. The second-order valence-corrected chi connectivity index (χ2v) is 5.98. The molecule has 0 bridgehead atoms. The highest BCUT2D eigenvalue weighted by atomic mass is 16.6. The van der Waals surface area contributed by atoms with Crippen molar-refractivity contribution in [3.8, 4) is 0 Å². The number of piperazine rings is 1. The van der Waals surface area contributed by atoms with Crippen molar-refractivity contribution in [1.29, 1.82) is 0 Å². The maximum Gasteiger partial charge on any atom is 0.320 e. The molecule has 2 amide bonds. The van der Waals surface area contributed by atoms with Crippen LogP contribution in [0.3, 0.4) is 0 Å². The summed E-state index contributed by atoms with van der Waals surface area (Å²) in [6.45, 7) is 12.1. The van der Waals surface area contributed by atoms with Crippen LogP contribution in [0, 0.1) is 24.0 Å². The Bertz CT molecular complexity index is 603. The van der Waals surface area contributed by atoms with E-state index >= 15 is 0 Å². The van der Waals surface area contributed by atoms with E-state index in [0.717, 1.165) is 13.1 Å². The van der Waals surface area contributed by atoms with Crippen LogP contribution in [-0.2, 0) is 6.67 Å². The molecule has 2 heterocycles. The summed E-state index contributed by atoms with van der Waals surface area (Å²) in [5.74, 6) is 0. The average Bonchev–Trinajstić information content (AvgIpc) is 2.83. The lowest BCUT2D eigenvalue weighted by Crippen LogP contribution is -2.53. The number of aromatic nitrogens is 2. The van der Waals surface area contributed by atoms with Crippen LogP contribution >= 0.6 is 0 Å². The molecule has 0 atom stereocenters. The summed E-state index contributed by atoms with van der Waals surface area (Å²) < 4.78 is 1.68. The molecule has 1 aliphatic rings. The number of nitrogens with zero attached hydrogens (tertiary/aromatic N) is 6. The Hall–Kier alpha value is -2.16. The van der Waals surface area contributed by atoms with Gasteiger partial charge in [-0.1, -0.05) is 0 Å². The zero-order valence-corrected chi connectivity index (χ0v) is 14.9. The minimum Gasteiger partial charge on any atom is -0.325 e. The third-order valence-corrected chi connectivity index (χ3v) is 4.54. The van der Waals surface area contributed by atoms with Gasteiger partial charge in [0.15, 0.2) is 0 Å². The fraction of sp³-hybridized carbons (Fsp3) is 0.733. The summed E-state index contributed by atoms with van der Waals surface area (Å²) in [6, 6.07) is 0.0846. The molecule has 1 aromatic heterocycles. The molecule has 1 aromatic rings. The first-order chi connectivity index (χ1) is 11.4. The molecule has 0 aromatic carbocycles. The lowest BCUT2D eigenvalue weighted by molar-refractivity contribution is -0.386. The number of urea groups is 1. The highest BCUT2D eigenvalue weighted by Gasteiger charge is 2.26. The summed E-state index contributed by atoms with van der Waals surface area (Å²) in [5.41, 5.74) is 1.09. The summed E-state index contributed by atoms with van der Waals surface area (Å²) in [5, 5.41) is 15.4. The van der Waals surface area contributed by atoms with E-state index < -0.39 is 0 Å². The fourth-order valence-corrected chi connectivity index (χ4v) is 3.05. The number of hydrogen-bond acceptors (Lipinski definition) is 5. The Balaban J connectivity index is 1.95. The van der Waals surface area contributed by atoms with E-state index in [9.17, 15) is 14.9 Å². The van der Waals surface area contributed by atoms with Crippen LogP contribution in [0.2, 0.25) is 0 Å². The van der Waals surface area contributed by atoms with Crippen molar-refractivity contribution >= 4 is 11.7 Å². The average molecular weight is 338 g/mol. The molecule has 0 radical (unpaired) electrons. The maximum absolute atomic E-state index is 12.3. The second-order valence-electron chi connectivity index (χ2n) is 5.98. The van der Waals surface area contributed by atoms with Crippen LogP contribution < -0.4 is 0 Å². The van der Waals surface area contributed by atoms with Gasteiger partial charge in [0.05, 0.1) is 11.6 Å². The highest BCUT2D eigenvalue weighted by molar-refractivity contribution is 5.74. The van der Waals surface area contributed by atoms with Gasteiger partial charge in [0, 0.05) is 39.3 Å². The third-order valence-electron chi connectivity index (χ3n) is 4.54. The van der Waals surface area contributed by atoms with Crippen molar-refractivity contribution < 1.29 is 9.72 Å². The van der Waals surface area contributed by atoms with E-state index in [2.05, 4.69) is 10.00 Å². The smallest absolute Gasteiger partial charge is 0.320 e. The van der Waals surface area contributed by atoms with E-state index in [1.165, 1.54) is 0 Å². The van der Waals surface area contributed by atoms with E-state index in [1.807, 2.05) is 23.6 Å². The van der Waals surface area contributed by atoms with E-state index in [4.69, 9.17) is 0 Å². The first kappa shape index (κ1) is 18.2. The van der Waals surface area contributed by atoms with Crippen LogP contribution in [0.4, 0.5) is 10.5 Å². The number of hydrogen-bond donors (Lipinski definition) is 0. The Morgan fingerprint density at radius 1 is 1.21 bits per heavy atom. The molecule has 0 unspecified atom stereocenters. The molecule has 0 aliphatic carbocycles. The van der Waals surface area contributed by atoms with Crippen molar-refractivity contribution in [1.82, 2.24) is 24.5 Å². The maximum atomic E-state index is 12.3. The minimum atomic E-state index is -0.380. The largest absolute Gasteiger partial charge is 0.325 e. The zero-order chi connectivity index (χ0) is 17.9. The first-order valence-corrected chi connectivity index (χ1v) is 8.33. The van der Waals surface area contributed by atoms with Gasteiger partial charge >= 0.3 is 11.7 Å². The minimum absolute atomic E-state index is 0.0846. The lowest BCUT2D eigenvalue weighted by Gasteiger charge is -2.37. The number of aryl methyl sites for hydroxylation is 1. The van der Waals surface area contributed by atoms with Gasteiger partial charge in [0.1, 0.15) is 11.4 Å². The number of nitro groups is 1. The van der Waals surface area contributed by atoms with Crippen molar-refractivity contribution in [3.63, 3.8) is 0 Å². The molecule has 9 nitrogen and oxygen atoms in total. The van der Waals surface area contributed by atoms with Crippen molar-refractivity contribution in [2.24, 2.45) is 0 Å². The van der Waals surface area contributed by atoms with Crippen molar-refractivity contribution in [2.75, 3.05) is 39.3 Å². The number of amides is 2. The number of rotatable bonds is 5. The third kappa shape index (κ3) is 3.66. The van der Waals surface area contributed by atoms with Gasteiger partial charge < -0.3 is 9.80 Å². The quantitative estimate of drug-likeness (QED) is 0.599. The molecule has 0 saturated carbocycles. The summed E-state index contributed by atoms with van der Waals surface area (Å²) in [4.78, 5) is 28.9. The van der Waals surface area contributed by atoms with Crippen molar-refractivity contribution in [2.45, 2.75) is 34.4 Å². The Morgan fingerprint density at radius 2 is 1.79 bits per heavy atom. The molecular formula is C15H26N6O3. The second kappa shape index (κ2) is 7.61. The van der Waals surface area contributed by atoms with Gasteiger partial charge in [-0.2, -0.15) is 5.10 Å². The zero-order valence-electron chi connectivity index (χ0n) is 14.9. The van der Waals surface area contributed by atoms with Crippen LogP contribution in [0.5, 0.6) is 0 Å². The molecule has 1 saturated heterocycles. The Morgan fingerprint density at radius 3 is 2.25 bits per heavy atom. The molecular weight excluding hydrogens is 312 g/mol. The molecule has 134 valence electrons. The number of carbonyl (C=O) groups is 1. The Kier molecular flexibility index (Phi) is 5.76. The molecule has 1 aliphatic heterocycles. The lowest BCUT2D eigenvalue weighted by atomic mass is 10.3.